The van der Waals surface area contributed by atoms with Crippen molar-refractivity contribution >= 4 is 0 Å². The zero-order valence-electron chi connectivity index (χ0n) is 12.2. The Balaban J connectivity index is 2.42. The van der Waals surface area contributed by atoms with E-state index >= 15 is 0 Å². The molecule has 0 heterocycles. The van der Waals surface area contributed by atoms with E-state index in [0.717, 1.165) is 17.9 Å². The van der Waals surface area contributed by atoms with Crippen LogP contribution in [0.15, 0.2) is 0 Å². The Bertz CT molecular complexity index is 198. The van der Waals surface area contributed by atoms with E-state index in [1.807, 2.05) is 0 Å². The summed E-state index contributed by atoms with van der Waals surface area (Å²) in [7, 11) is 0. The van der Waals surface area contributed by atoms with Crippen LogP contribution in [0.1, 0.15) is 60.8 Å². The molecule has 1 atom stereocenters. The van der Waals surface area contributed by atoms with E-state index in [1.165, 1.54) is 32.4 Å². The molecular formula is C15H31N. The molecule has 1 aliphatic rings. The van der Waals surface area contributed by atoms with Crippen LogP contribution in [0, 0.1) is 17.3 Å². The third-order valence-corrected chi connectivity index (χ3v) is 3.63. The molecule has 0 aliphatic heterocycles. The van der Waals surface area contributed by atoms with E-state index in [9.17, 15) is 0 Å². The van der Waals surface area contributed by atoms with Crippen molar-refractivity contribution in [3.63, 3.8) is 0 Å². The van der Waals surface area contributed by atoms with Crippen molar-refractivity contribution in [1.29, 1.82) is 0 Å². The van der Waals surface area contributed by atoms with Gasteiger partial charge in [0, 0.05) is 12.6 Å². The van der Waals surface area contributed by atoms with Crippen molar-refractivity contribution in [3.05, 3.63) is 0 Å². The molecule has 1 saturated carbocycles. The average molecular weight is 225 g/mol. The lowest BCUT2D eigenvalue weighted by molar-refractivity contribution is 0.147. The summed E-state index contributed by atoms with van der Waals surface area (Å²) < 4.78 is 0. The molecule has 1 aliphatic carbocycles. The van der Waals surface area contributed by atoms with E-state index in [2.05, 4.69) is 46.4 Å². The quantitative estimate of drug-likeness (QED) is 0.655. The minimum atomic E-state index is 0.471. The molecule has 0 aromatic rings. The maximum Gasteiger partial charge on any atom is 0.00953 e. The molecule has 0 radical (unpaired) electrons. The maximum atomic E-state index is 2.73. The van der Waals surface area contributed by atoms with E-state index in [-0.39, 0.29) is 0 Å². The van der Waals surface area contributed by atoms with Crippen molar-refractivity contribution in [3.8, 4) is 0 Å². The summed E-state index contributed by atoms with van der Waals surface area (Å²) in [4.78, 5) is 2.73. The van der Waals surface area contributed by atoms with Crippen LogP contribution in [0.5, 0.6) is 0 Å². The Morgan fingerprint density at radius 1 is 1.12 bits per heavy atom. The summed E-state index contributed by atoms with van der Waals surface area (Å²) >= 11 is 0. The largest absolute Gasteiger partial charge is 0.300 e. The number of nitrogens with zero attached hydrogens (tertiary/aromatic N) is 1. The Hall–Kier alpha value is -0.0400. The van der Waals surface area contributed by atoms with E-state index < -0.39 is 0 Å². The van der Waals surface area contributed by atoms with E-state index in [1.54, 1.807) is 0 Å². The molecule has 1 unspecified atom stereocenters. The summed E-state index contributed by atoms with van der Waals surface area (Å²) in [5.41, 5.74) is 0.471. The molecule has 0 spiro atoms. The van der Waals surface area contributed by atoms with Gasteiger partial charge in [-0.25, -0.2) is 0 Å². The van der Waals surface area contributed by atoms with Gasteiger partial charge in [-0.15, -0.1) is 0 Å². The normalized spacial score (nSPS) is 19.5. The SMILES string of the molecule is CC(C)CN(CCC(C)(C)C)C(C)C1CC1. The summed E-state index contributed by atoms with van der Waals surface area (Å²) in [6.07, 6.45) is 4.24. The summed E-state index contributed by atoms with van der Waals surface area (Å²) in [5.74, 6) is 1.79. The smallest absolute Gasteiger partial charge is 0.00953 e. The van der Waals surface area contributed by atoms with Crippen LogP contribution in [-0.2, 0) is 0 Å². The highest BCUT2D eigenvalue weighted by atomic mass is 15.2. The first-order valence-corrected chi connectivity index (χ1v) is 7.03. The first-order valence-electron chi connectivity index (χ1n) is 7.03. The van der Waals surface area contributed by atoms with Gasteiger partial charge < -0.3 is 4.90 Å². The molecule has 1 heteroatoms. The second kappa shape index (κ2) is 5.53. The fourth-order valence-corrected chi connectivity index (χ4v) is 2.29. The molecular weight excluding hydrogens is 194 g/mol. The lowest BCUT2D eigenvalue weighted by Crippen LogP contribution is -2.39. The summed E-state index contributed by atoms with van der Waals surface area (Å²) in [5, 5.41) is 0. The maximum absolute atomic E-state index is 2.73. The molecule has 1 fully saturated rings. The van der Waals surface area contributed by atoms with Gasteiger partial charge in [-0.1, -0.05) is 34.6 Å². The molecule has 0 aromatic heterocycles. The number of rotatable bonds is 6. The lowest BCUT2D eigenvalue weighted by atomic mass is 9.91. The molecule has 0 N–H and O–H groups in total. The fraction of sp³-hybridized carbons (Fsp3) is 1.00. The topological polar surface area (TPSA) is 3.24 Å². The zero-order chi connectivity index (χ0) is 12.3. The highest BCUT2D eigenvalue weighted by Gasteiger charge is 2.32. The van der Waals surface area contributed by atoms with Gasteiger partial charge in [-0.05, 0) is 50.0 Å². The van der Waals surface area contributed by atoms with Crippen LogP contribution >= 0.6 is 0 Å². The van der Waals surface area contributed by atoms with Gasteiger partial charge in [-0.2, -0.15) is 0 Å². The lowest BCUT2D eigenvalue weighted by Gasteiger charge is -2.33. The van der Waals surface area contributed by atoms with Crippen molar-refractivity contribution in [2.45, 2.75) is 66.8 Å². The van der Waals surface area contributed by atoms with Gasteiger partial charge in [0.15, 0.2) is 0 Å². The van der Waals surface area contributed by atoms with Crippen LogP contribution in [-0.4, -0.2) is 24.0 Å². The summed E-state index contributed by atoms with van der Waals surface area (Å²) in [6.45, 7) is 16.7. The van der Waals surface area contributed by atoms with Crippen molar-refractivity contribution < 1.29 is 0 Å². The minimum absolute atomic E-state index is 0.471. The highest BCUT2D eigenvalue weighted by molar-refractivity contribution is 4.86. The molecule has 0 aromatic carbocycles. The minimum Gasteiger partial charge on any atom is -0.300 e. The number of hydrogen-bond acceptors (Lipinski definition) is 1. The predicted molar refractivity (Wildman–Crippen MR) is 72.7 cm³/mol. The van der Waals surface area contributed by atoms with Gasteiger partial charge in [0.05, 0.1) is 0 Å². The molecule has 96 valence electrons. The highest BCUT2D eigenvalue weighted by Crippen LogP contribution is 2.35. The second-order valence-corrected chi connectivity index (χ2v) is 7.28. The second-order valence-electron chi connectivity index (χ2n) is 7.28. The molecule has 16 heavy (non-hydrogen) atoms. The summed E-state index contributed by atoms with van der Waals surface area (Å²) in [6, 6.07) is 0.810. The Morgan fingerprint density at radius 2 is 1.69 bits per heavy atom. The molecule has 0 amide bonds. The Kier molecular flexibility index (Phi) is 4.85. The fourth-order valence-electron chi connectivity index (χ4n) is 2.29. The predicted octanol–water partition coefficient (Wildman–Crippen LogP) is 4.18. The third kappa shape index (κ3) is 5.34. The van der Waals surface area contributed by atoms with Crippen LogP contribution in [0.3, 0.4) is 0 Å². The molecule has 0 bridgehead atoms. The molecule has 1 nitrogen and oxygen atoms in total. The van der Waals surface area contributed by atoms with Crippen molar-refractivity contribution in [1.82, 2.24) is 4.90 Å². The third-order valence-electron chi connectivity index (χ3n) is 3.63. The van der Waals surface area contributed by atoms with Crippen molar-refractivity contribution in [2.24, 2.45) is 17.3 Å². The van der Waals surface area contributed by atoms with Crippen LogP contribution < -0.4 is 0 Å². The van der Waals surface area contributed by atoms with Gasteiger partial charge in [0.1, 0.15) is 0 Å². The van der Waals surface area contributed by atoms with Crippen LogP contribution in [0.4, 0.5) is 0 Å². The van der Waals surface area contributed by atoms with Gasteiger partial charge in [-0.3, -0.25) is 0 Å². The standard InChI is InChI=1S/C15H31N/c1-12(2)11-16(10-9-15(4,5)6)13(3)14-7-8-14/h12-14H,7-11H2,1-6H3. The molecule has 1 rings (SSSR count). The average Bonchev–Trinajstić information content (AvgIpc) is 2.91. The van der Waals surface area contributed by atoms with Gasteiger partial charge >= 0.3 is 0 Å². The number of hydrogen-bond donors (Lipinski definition) is 0. The Labute approximate surface area is 103 Å². The monoisotopic (exact) mass is 225 g/mol. The Morgan fingerprint density at radius 3 is 2.06 bits per heavy atom. The zero-order valence-corrected chi connectivity index (χ0v) is 12.2. The first-order chi connectivity index (χ1) is 7.29. The van der Waals surface area contributed by atoms with Gasteiger partial charge in [0.2, 0.25) is 0 Å². The van der Waals surface area contributed by atoms with Gasteiger partial charge in [0.25, 0.3) is 0 Å². The van der Waals surface area contributed by atoms with E-state index in [0.29, 0.717) is 5.41 Å². The van der Waals surface area contributed by atoms with E-state index in [4.69, 9.17) is 0 Å². The van der Waals surface area contributed by atoms with Crippen LogP contribution in [0.2, 0.25) is 0 Å². The molecule has 0 saturated heterocycles. The van der Waals surface area contributed by atoms with Crippen LogP contribution in [0.25, 0.3) is 0 Å². The van der Waals surface area contributed by atoms with Crippen molar-refractivity contribution in [2.75, 3.05) is 13.1 Å². The first kappa shape index (κ1) is 14.0.